The summed E-state index contributed by atoms with van der Waals surface area (Å²) in [6.07, 6.45) is 9.89. The van der Waals surface area contributed by atoms with Crippen LogP contribution >= 0.6 is 0 Å². The highest BCUT2D eigenvalue weighted by Crippen LogP contribution is 2.19. The summed E-state index contributed by atoms with van der Waals surface area (Å²) in [7, 11) is 4.23. The van der Waals surface area contributed by atoms with Gasteiger partial charge in [0, 0.05) is 18.8 Å². The minimum atomic E-state index is 0.484. The number of hydrogen-bond acceptors (Lipinski definition) is 3. The normalized spacial score (nSPS) is 26.1. The maximum absolute atomic E-state index is 5.58. The van der Waals surface area contributed by atoms with Gasteiger partial charge in [-0.05, 0) is 33.0 Å². The van der Waals surface area contributed by atoms with Crippen LogP contribution in [-0.2, 0) is 4.74 Å². The van der Waals surface area contributed by atoms with Crippen molar-refractivity contribution in [1.82, 2.24) is 9.80 Å². The molecule has 16 heavy (non-hydrogen) atoms. The predicted molar refractivity (Wildman–Crippen MR) is 66.0 cm³/mol. The Hall–Kier alpha value is -0.800. The van der Waals surface area contributed by atoms with Gasteiger partial charge in [-0.2, -0.15) is 0 Å². The molecule has 0 bridgehead atoms. The fraction of sp³-hybridized carbons (Fsp3) is 0.615. The summed E-state index contributed by atoms with van der Waals surface area (Å²) >= 11 is 0. The number of allylic oxidation sites excluding steroid dienone is 3. The zero-order chi connectivity index (χ0) is 11.4. The van der Waals surface area contributed by atoms with E-state index in [1.807, 2.05) is 0 Å². The van der Waals surface area contributed by atoms with E-state index in [1.54, 1.807) is 0 Å². The molecule has 1 radical (unpaired) electrons. The van der Waals surface area contributed by atoms with E-state index in [2.05, 4.69) is 48.5 Å². The molecule has 3 heteroatoms. The Labute approximate surface area is 98.4 Å². The molecule has 1 atom stereocenters. The Morgan fingerprint density at radius 1 is 1.50 bits per heavy atom. The lowest BCUT2D eigenvalue weighted by Gasteiger charge is -2.39. The van der Waals surface area contributed by atoms with Crippen LogP contribution in [0.4, 0.5) is 0 Å². The van der Waals surface area contributed by atoms with E-state index in [0.29, 0.717) is 6.04 Å². The zero-order valence-corrected chi connectivity index (χ0v) is 10.2. The highest BCUT2D eigenvalue weighted by molar-refractivity contribution is 5.26. The van der Waals surface area contributed by atoms with E-state index in [-0.39, 0.29) is 0 Å². The van der Waals surface area contributed by atoms with Crippen LogP contribution in [0.5, 0.6) is 0 Å². The van der Waals surface area contributed by atoms with Gasteiger partial charge >= 0.3 is 0 Å². The maximum atomic E-state index is 5.58. The van der Waals surface area contributed by atoms with Gasteiger partial charge in [0.15, 0.2) is 0 Å². The molecule has 0 saturated carbocycles. The first-order valence-corrected chi connectivity index (χ1v) is 5.96. The van der Waals surface area contributed by atoms with Crippen molar-refractivity contribution in [2.24, 2.45) is 0 Å². The predicted octanol–water partition coefficient (Wildman–Crippen LogP) is 1.30. The second-order valence-corrected chi connectivity index (χ2v) is 4.64. The topological polar surface area (TPSA) is 15.7 Å². The molecule has 0 aromatic rings. The monoisotopic (exact) mass is 221 g/mol. The largest absolute Gasteiger partial charge is 0.377 e. The summed E-state index contributed by atoms with van der Waals surface area (Å²) in [4.78, 5) is 4.71. The highest BCUT2D eigenvalue weighted by Gasteiger charge is 2.24. The Morgan fingerprint density at radius 3 is 3.06 bits per heavy atom. The van der Waals surface area contributed by atoms with Crippen molar-refractivity contribution in [2.45, 2.75) is 12.5 Å². The van der Waals surface area contributed by atoms with Crippen LogP contribution in [0.25, 0.3) is 0 Å². The molecule has 1 heterocycles. The lowest BCUT2D eigenvalue weighted by Crippen LogP contribution is -2.49. The molecule has 1 fully saturated rings. The molecule has 1 saturated heterocycles. The summed E-state index contributed by atoms with van der Waals surface area (Å²) in [6, 6.07) is 0.484. The van der Waals surface area contributed by atoms with Gasteiger partial charge in [-0.3, -0.25) is 0 Å². The van der Waals surface area contributed by atoms with Gasteiger partial charge in [-0.1, -0.05) is 12.2 Å². The van der Waals surface area contributed by atoms with E-state index < -0.39 is 0 Å². The molecule has 0 N–H and O–H groups in total. The SMILES string of the molecule is CN(C)CC1COCCN1C1=CC[CH]C=C1. The number of hydrogen-bond donors (Lipinski definition) is 0. The Kier molecular flexibility index (Phi) is 4.02. The Morgan fingerprint density at radius 2 is 2.38 bits per heavy atom. The number of ether oxygens (including phenoxy) is 1. The van der Waals surface area contributed by atoms with E-state index in [0.717, 1.165) is 32.7 Å². The summed E-state index contributed by atoms with van der Waals surface area (Å²) in [5, 5.41) is 0. The Balaban J connectivity index is 2.03. The molecule has 1 aliphatic heterocycles. The summed E-state index contributed by atoms with van der Waals surface area (Å²) in [5.41, 5.74) is 1.36. The molecule has 89 valence electrons. The van der Waals surface area contributed by atoms with Gasteiger partial charge in [0.2, 0.25) is 0 Å². The molecular weight excluding hydrogens is 200 g/mol. The first-order valence-electron chi connectivity index (χ1n) is 5.96. The lowest BCUT2D eigenvalue weighted by molar-refractivity contribution is 0.00309. The summed E-state index contributed by atoms with van der Waals surface area (Å²) < 4.78 is 5.58. The number of likely N-dealkylation sites (N-methyl/N-ethyl adjacent to an activating group) is 1. The van der Waals surface area contributed by atoms with Gasteiger partial charge in [0.1, 0.15) is 0 Å². The van der Waals surface area contributed by atoms with Crippen LogP contribution in [0, 0.1) is 6.42 Å². The van der Waals surface area contributed by atoms with Crippen molar-refractivity contribution in [3.05, 3.63) is 30.3 Å². The lowest BCUT2D eigenvalue weighted by atomic mass is 10.1. The summed E-state index contributed by atoms with van der Waals surface area (Å²) in [6.45, 7) is 3.75. The first kappa shape index (κ1) is 11.7. The average molecular weight is 221 g/mol. The molecular formula is C13H21N2O. The first-order chi connectivity index (χ1) is 7.77. The fourth-order valence-corrected chi connectivity index (χ4v) is 2.28. The molecule has 1 unspecified atom stereocenters. The van der Waals surface area contributed by atoms with Crippen molar-refractivity contribution < 1.29 is 4.74 Å². The zero-order valence-electron chi connectivity index (χ0n) is 10.2. The van der Waals surface area contributed by atoms with Crippen LogP contribution in [0.15, 0.2) is 23.9 Å². The van der Waals surface area contributed by atoms with E-state index in [4.69, 9.17) is 4.74 Å². The van der Waals surface area contributed by atoms with E-state index in [9.17, 15) is 0 Å². The molecule has 2 rings (SSSR count). The summed E-state index contributed by atoms with van der Waals surface area (Å²) in [5.74, 6) is 0. The minimum absolute atomic E-state index is 0.484. The van der Waals surface area contributed by atoms with Crippen molar-refractivity contribution in [3.8, 4) is 0 Å². The fourth-order valence-electron chi connectivity index (χ4n) is 2.28. The third-order valence-corrected chi connectivity index (χ3v) is 3.00. The van der Waals surface area contributed by atoms with Crippen LogP contribution < -0.4 is 0 Å². The van der Waals surface area contributed by atoms with Gasteiger partial charge in [0.05, 0.1) is 19.3 Å². The molecule has 3 nitrogen and oxygen atoms in total. The van der Waals surface area contributed by atoms with Crippen LogP contribution in [-0.4, -0.2) is 56.2 Å². The number of morpholine rings is 1. The molecule has 0 aromatic heterocycles. The molecule has 1 aliphatic carbocycles. The van der Waals surface area contributed by atoms with Crippen LogP contribution in [0.1, 0.15) is 6.42 Å². The van der Waals surface area contributed by atoms with Gasteiger partial charge in [-0.25, -0.2) is 0 Å². The van der Waals surface area contributed by atoms with Crippen molar-refractivity contribution in [3.63, 3.8) is 0 Å². The maximum Gasteiger partial charge on any atom is 0.0683 e. The number of nitrogens with zero attached hydrogens (tertiary/aromatic N) is 2. The van der Waals surface area contributed by atoms with Gasteiger partial charge in [-0.15, -0.1) is 0 Å². The molecule has 2 aliphatic rings. The third kappa shape index (κ3) is 2.86. The van der Waals surface area contributed by atoms with Gasteiger partial charge < -0.3 is 14.5 Å². The molecule has 0 aromatic carbocycles. The quantitative estimate of drug-likeness (QED) is 0.714. The van der Waals surface area contributed by atoms with Crippen LogP contribution in [0.3, 0.4) is 0 Å². The average Bonchev–Trinajstić information content (AvgIpc) is 2.30. The van der Waals surface area contributed by atoms with Crippen molar-refractivity contribution in [2.75, 3.05) is 40.4 Å². The van der Waals surface area contributed by atoms with Crippen molar-refractivity contribution >= 4 is 0 Å². The van der Waals surface area contributed by atoms with Crippen molar-refractivity contribution in [1.29, 1.82) is 0 Å². The standard InChI is InChI=1S/C13H21N2O/c1-14(2)10-13-11-16-9-8-15(13)12-6-4-3-5-7-12/h3-4,6-7,13H,5,8-11H2,1-2H3. The van der Waals surface area contributed by atoms with E-state index in [1.165, 1.54) is 5.70 Å². The third-order valence-electron chi connectivity index (χ3n) is 3.00. The highest BCUT2D eigenvalue weighted by atomic mass is 16.5. The van der Waals surface area contributed by atoms with Gasteiger partial charge in [0.25, 0.3) is 0 Å². The second kappa shape index (κ2) is 5.51. The minimum Gasteiger partial charge on any atom is -0.377 e. The smallest absolute Gasteiger partial charge is 0.0683 e. The Bertz CT molecular complexity index is 284. The van der Waals surface area contributed by atoms with E-state index >= 15 is 0 Å². The van der Waals surface area contributed by atoms with Crippen LogP contribution in [0.2, 0.25) is 0 Å². The molecule has 0 spiro atoms. The number of rotatable bonds is 3. The second-order valence-electron chi connectivity index (χ2n) is 4.64. The molecule has 0 amide bonds.